The third kappa shape index (κ3) is 3.71. The van der Waals surface area contributed by atoms with E-state index in [-0.39, 0.29) is 17.3 Å². The largest absolute Gasteiger partial charge is 0.466 e. The van der Waals surface area contributed by atoms with Crippen LogP contribution in [0, 0.1) is 22.7 Å². The summed E-state index contributed by atoms with van der Waals surface area (Å²) >= 11 is 0. The second-order valence-corrected chi connectivity index (χ2v) is 9.40. The number of allylic oxidation sites excluding steroid dienone is 1. The molecule has 2 aliphatic rings. The van der Waals surface area contributed by atoms with Gasteiger partial charge in [0.2, 0.25) is 0 Å². The molecule has 0 aliphatic heterocycles. The van der Waals surface area contributed by atoms with E-state index >= 15 is 0 Å². The molecule has 0 radical (unpaired) electrons. The molecule has 0 spiro atoms. The van der Waals surface area contributed by atoms with Crippen LogP contribution in [0.3, 0.4) is 0 Å². The van der Waals surface area contributed by atoms with Crippen molar-refractivity contribution in [1.29, 1.82) is 0 Å². The summed E-state index contributed by atoms with van der Waals surface area (Å²) in [6, 6.07) is 0. The van der Waals surface area contributed by atoms with Gasteiger partial charge in [-0.05, 0) is 75.0 Å². The highest BCUT2D eigenvalue weighted by atomic mass is 16.5. The molecule has 0 heterocycles. The Bertz CT molecular complexity index is 503. The van der Waals surface area contributed by atoms with Crippen LogP contribution in [0.4, 0.5) is 0 Å². The van der Waals surface area contributed by atoms with Gasteiger partial charge >= 0.3 is 5.97 Å². The Labute approximate surface area is 147 Å². The highest BCUT2D eigenvalue weighted by Crippen LogP contribution is 2.62. The topological polar surface area (TPSA) is 46.5 Å². The summed E-state index contributed by atoms with van der Waals surface area (Å²) in [7, 11) is 1.41. The van der Waals surface area contributed by atoms with Crippen molar-refractivity contribution in [2.75, 3.05) is 7.11 Å². The number of fused-ring (bicyclic) bond motifs is 1. The summed E-state index contributed by atoms with van der Waals surface area (Å²) in [5.41, 5.74) is 0.983. The molecule has 0 aromatic heterocycles. The fourth-order valence-electron chi connectivity index (χ4n) is 5.97. The van der Waals surface area contributed by atoms with Crippen molar-refractivity contribution in [3.05, 3.63) is 11.6 Å². The van der Waals surface area contributed by atoms with E-state index in [1.165, 1.54) is 26.4 Å². The maximum absolute atomic E-state index is 11.4. The lowest BCUT2D eigenvalue weighted by molar-refractivity contribution is -0.168. The zero-order chi connectivity index (χ0) is 18.2. The summed E-state index contributed by atoms with van der Waals surface area (Å²) in [4.78, 5) is 11.4. The first-order chi connectivity index (χ1) is 11.0. The number of esters is 1. The van der Waals surface area contributed by atoms with Crippen LogP contribution in [0.2, 0.25) is 0 Å². The van der Waals surface area contributed by atoms with E-state index in [9.17, 15) is 9.90 Å². The molecule has 3 nitrogen and oxygen atoms in total. The van der Waals surface area contributed by atoms with Gasteiger partial charge < -0.3 is 9.84 Å². The molecule has 0 unspecified atom stereocenters. The minimum atomic E-state index is -0.607. The SMILES string of the molecule is COC(=O)/C=C(\C)CC[C@H]1[C@@]2(C)CCCC(C)(C)[C@H]2CC[C@@]1(C)O. The summed E-state index contributed by atoms with van der Waals surface area (Å²) in [5.74, 6) is 0.670. The third-order valence-corrected chi connectivity index (χ3v) is 7.15. The van der Waals surface area contributed by atoms with Gasteiger partial charge in [-0.2, -0.15) is 0 Å². The fraction of sp³-hybridized carbons (Fsp3) is 0.857. The Morgan fingerprint density at radius 3 is 2.50 bits per heavy atom. The van der Waals surface area contributed by atoms with Crippen LogP contribution in [0.1, 0.15) is 79.6 Å². The lowest BCUT2D eigenvalue weighted by Crippen LogP contribution is -2.57. The Morgan fingerprint density at radius 1 is 1.21 bits per heavy atom. The van der Waals surface area contributed by atoms with Gasteiger partial charge in [0, 0.05) is 6.08 Å². The molecule has 4 atom stereocenters. The average molecular weight is 337 g/mol. The zero-order valence-corrected chi connectivity index (χ0v) is 16.4. The van der Waals surface area contributed by atoms with Gasteiger partial charge in [-0.1, -0.05) is 32.8 Å². The van der Waals surface area contributed by atoms with Crippen LogP contribution >= 0.6 is 0 Å². The fourth-order valence-corrected chi connectivity index (χ4v) is 5.97. The number of aliphatic hydroxyl groups is 1. The van der Waals surface area contributed by atoms with Crippen molar-refractivity contribution in [3.63, 3.8) is 0 Å². The molecule has 2 aliphatic carbocycles. The molecular weight excluding hydrogens is 300 g/mol. The molecule has 2 rings (SSSR count). The van der Waals surface area contributed by atoms with Crippen molar-refractivity contribution in [2.45, 2.75) is 85.2 Å². The van der Waals surface area contributed by atoms with Gasteiger partial charge in [0.25, 0.3) is 0 Å². The molecular formula is C21H36O3. The van der Waals surface area contributed by atoms with E-state index in [4.69, 9.17) is 4.74 Å². The van der Waals surface area contributed by atoms with Crippen LogP contribution in [0.5, 0.6) is 0 Å². The van der Waals surface area contributed by atoms with E-state index < -0.39 is 5.60 Å². The predicted molar refractivity (Wildman–Crippen MR) is 97.6 cm³/mol. The number of carbonyl (C=O) groups excluding carboxylic acids is 1. The summed E-state index contributed by atoms with van der Waals surface area (Å²) in [6.45, 7) is 11.2. The smallest absolute Gasteiger partial charge is 0.330 e. The molecule has 0 aromatic rings. The van der Waals surface area contributed by atoms with E-state index in [1.807, 2.05) is 13.8 Å². The zero-order valence-electron chi connectivity index (χ0n) is 16.4. The van der Waals surface area contributed by atoms with Crippen molar-refractivity contribution in [2.24, 2.45) is 22.7 Å². The Hall–Kier alpha value is -0.830. The summed E-state index contributed by atoms with van der Waals surface area (Å²) < 4.78 is 4.72. The van der Waals surface area contributed by atoms with Gasteiger partial charge in [-0.3, -0.25) is 0 Å². The molecule has 0 bridgehead atoms. The highest BCUT2D eigenvalue weighted by molar-refractivity contribution is 5.82. The van der Waals surface area contributed by atoms with Crippen molar-refractivity contribution in [1.82, 2.24) is 0 Å². The maximum atomic E-state index is 11.4. The van der Waals surface area contributed by atoms with Crippen molar-refractivity contribution in [3.8, 4) is 0 Å². The molecule has 2 fully saturated rings. The monoisotopic (exact) mass is 336 g/mol. The number of rotatable bonds is 4. The van der Waals surface area contributed by atoms with Gasteiger partial charge in [0.1, 0.15) is 0 Å². The standard InChI is InChI=1S/C21H36O3/c1-15(14-18(22)24-6)8-9-17-20(4)12-7-11-19(2,3)16(20)10-13-21(17,5)23/h14,16-17,23H,7-13H2,1-6H3/b15-14+/t16-,17+,20+,21-/m1/s1. The van der Waals surface area contributed by atoms with Crippen molar-refractivity contribution < 1.29 is 14.6 Å². The second-order valence-electron chi connectivity index (χ2n) is 9.40. The van der Waals surface area contributed by atoms with E-state index in [2.05, 4.69) is 20.8 Å². The normalized spacial score (nSPS) is 39.2. The van der Waals surface area contributed by atoms with Crippen LogP contribution < -0.4 is 0 Å². The van der Waals surface area contributed by atoms with Gasteiger partial charge in [0.05, 0.1) is 12.7 Å². The number of ether oxygens (including phenoxy) is 1. The molecule has 0 aromatic carbocycles. The number of carbonyl (C=O) groups is 1. The van der Waals surface area contributed by atoms with Crippen LogP contribution in [0.25, 0.3) is 0 Å². The first-order valence-electron chi connectivity index (χ1n) is 9.50. The van der Waals surface area contributed by atoms with E-state index in [0.717, 1.165) is 31.3 Å². The lowest BCUT2D eigenvalue weighted by atomic mass is 9.45. The first-order valence-corrected chi connectivity index (χ1v) is 9.50. The first kappa shape index (κ1) is 19.5. The molecule has 3 heteroatoms. The predicted octanol–water partition coefficient (Wildman–Crippen LogP) is 4.88. The minimum absolute atomic E-state index is 0.190. The second kappa shape index (κ2) is 6.82. The Morgan fingerprint density at radius 2 is 1.88 bits per heavy atom. The highest BCUT2D eigenvalue weighted by Gasteiger charge is 2.57. The van der Waals surface area contributed by atoms with Gasteiger partial charge in [-0.15, -0.1) is 0 Å². The van der Waals surface area contributed by atoms with Crippen LogP contribution in [-0.4, -0.2) is 23.8 Å². The Balaban J connectivity index is 2.21. The molecule has 0 saturated heterocycles. The van der Waals surface area contributed by atoms with Gasteiger partial charge in [0.15, 0.2) is 0 Å². The molecule has 1 N–H and O–H groups in total. The number of hydrogen-bond acceptors (Lipinski definition) is 3. The van der Waals surface area contributed by atoms with Crippen molar-refractivity contribution >= 4 is 5.97 Å². The summed E-state index contributed by atoms with van der Waals surface area (Å²) in [5, 5.41) is 11.1. The van der Waals surface area contributed by atoms with Crippen LogP contribution in [0.15, 0.2) is 11.6 Å². The molecule has 24 heavy (non-hydrogen) atoms. The lowest BCUT2D eigenvalue weighted by Gasteiger charge is -2.61. The molecule has 2 saturated carbocycles. The molecule has 138 valence electrons. The number of hydrogen-bond donors (Lipinski definition) is 1. The van der Waals surface area contributed by atoms with E-state index in [1.54, 1.807) is 6.08 Å². The van der Waals surface area contributed by atoms with Crippen LogP contribution in [-0.2, 0) is 9.53 Å². The maximum Gasteiger partial charge on any atom is 0.330 e. The van der Waals surface area contributed by atoms with Gasteiger partial charge in [-0.25, -0.2) is 4.79 Å². The quantitative estimate of drug-likeness (QED) is 0.588. The average Bonchev–Trinajstić information content (AvgIpc) is 2.44. The molecule has 0 amide bonds. The summed E-state index contributed by atoms with van der Waals surface area (Å²) in [6.07, 6.45) is 9.15. The minimum Gasteiger partial charge on any atom is -0.466 e. The number of methoxy groups -OCH3 is 1. The third-order valence-electron chi connectivity index (χ3n) is 7.15. The van der Waals surface area contributed by atoms with E-state index in [0.29, 0.717) is 11.3 Å². The Kier molecular flexibility index (Phi) is 5.54.